The normalized spacial score (nSPS) is 11.5. The minimum absolute atomic E-state index is 0.131. The molecule has 0 fully saturated rings. The van der Waals surface area contributed by atoms with Crippen LogP contribution in [0.2, 0.25) is 0 Å². The Morgan fingerprint density at radius 1 is 1.11 bits per heavy atom. The Kier molecular flexibility index (Phi) is 3.28. The van der Waals surface area contributed by atoms with Crippen LogP contribution < -0.4 is 5.32 Å². The molecule has 0 radical (unpaired) electrons. The summed E-state index contributed by atoms with van der Waals surface area (Å²) >= 11 is 0. The minimum atomic E-state index is -4.34. The number of halogens is 3. The maximum absolute atomic E-state index is 12.2. The third kappa shape index (κ3) is 2.93. The molecular formula is C12H9F3N2O2. The zero-order chi connectivity index (χ0) is 14.0. The van der Waals surface area contributed by atoms with Gasteiger partial charge in [0.1, 0.15) is 6.54 Å². The van der Waals surface area contributed by atoms with E-state index in [4.69, 9.17) is 0 Å². The molecule has 0 saturated heterocycles. The van der Waals surface area contributed by atoms with Crippen molar-refractivity contribution in [1.82, 2.24) is 0 Å². The van der Waals surface area contributed by atoms with Crippen LogP contribution in [0.4, 0.5) is 24.5 Å². The van der Waals surface area contributed by atoms with Crippen LogP contribution in [-0.4, -0.2) is 17.6 Å². The number of nitrogens with zero attached hydrogens (tertiary/aromatic N) is 1. The number of alkyl halides is 3. The summed E-state index contributed by atoms with van der Waals surface area (Å²) in [4.78, 5) is 10.3. The molecular weight excluding hydrogens is 261 g/mol. The van der Waals surface area contributed by atoms with Crippen molar-refractivity contribution >= 4 is 22.1 Å². The number of non-ortho nitro benzene ring substituents is 1. The van der Waals surface area contributed by atoms with Crippen LogP contribution >= 0.6 is 0 Å². The Hall–Kier alpha value is -2.31. The largest absolute Gasteiger partial charge is 0.405 e. The van der Waals surface area contributed by atoms with Crippen LogP contribution in [0, 0.1) is 10.1 Å². The number of benzene rings is 2. The Morgan fingerprint density at radius 2 is 1.74 bits per heavy atom. The molecule has 0 aromatic heterocycles. The molecule has 2 aromatic carbocycles. The summed E-state index contributed by atoms with van der Waals surface area (Å²) in [6.45, 7) is -1.19. The third-order valence-corrected chi connectivity index (χ3v) is 2.58. The van der Waals surface area contributed by atoms with E-state index in [0.29, 0.717) is 10.8 Å². The Bertz CT molecular complexity index is 626. The first kappa shape index (κ1) is 13.1. The van der Waals surface area contributed by atoms with Gasteiger partial charge in [-0.25, -0.2) is 0 Å². The highest BCUT2D eigenvalue weighted by molar-refractivity contribution is 5.99. The van der Waals surface area contributed by atoms with E-state index in [0.717, 1.165) is 0 Å². The van der Waals surface area contributed by atoms with Crippen molar-refractivity contribution in [3.05, 3.63) is 46.5 Å². The molecule has 2 aromatic rings. The molecule has 0 bridgehead atoms. The molecule has 0 aliphatic heterocycles. The van der Waals surface area contributed by atoms with Gasteiger partial charge in [0, 0.05) is 17.1 Å². The predicted octanol–water partition coefficient (Wildman–Crippen LogP) is 3.72. The molecule has 2 rings (SSSR count). The molecule has 4 nitrogen and oxygen atoms in total. The molecule has 1 N–H and O–H groups in total. The number of nitro groups is 1. The average Bonchev–Trinajstić information content (AvgIpc) is 2.34. The van der Waals surface area contributed by atoms with Crippen molar-refractivity contribution in [2.24, 2.45) is 0 Å². The topological polar surface area (TPSA) is 55.2 Å². The van der Waals surface area contributed by atoms with E-state index in [1.54, 1.807) is 18.2 Å². The van der Waals surface area contributed by atoms with Crippen LogP contribution in [0.25, 0.3) is 10.8 Å². The first-order valence-corrected chi connectivity index (χ1v) is 5.35. The van der Waals surface area contributed by atoms with Crippen LogP contribution in [0.3, 0.4) is 0 Å². The Labute approximate surface area is 106 Å². The molecule has 0 amide bonds. The van der Waals surface area contributed by atoms with Crippen molar-refractivity contribution in [3.63, 3.8) is 0 Å². The van der Waals surface area contributed by atoms with Crippen molar-refractivity contribution in [1.29, 1.82) is 0 Å². The van der Waals surface area contributed by atoms with Gasteiger partial charge in [-0.2, -0.15) is 13.2 Å². The molecule has 0 atom stereocenters. The molecule has 100 valence electrons. The van der Waals surface area contributed by atoms with Gasteiger partial charge < -0.3 is 5.32 Å². The minimum Gasteiger partial charge on any atom is -0.376 e. The monoisotopic (exact) mass is 270 g/mol. The van der Waals surface area contributed by atoms with Gasteiger partial charge in [-0.15, -0.1) is 0 Å². The van der Waals surface area contributed by atoms with Crippen LogP contribution in [-0.2, 0) is 0 Å². The quantitative estimate of drug-likeness (QED) is 0.683. The lowest BCUT2D eigenvalue weighted by Crippen LogP contribution is -2.21. The van der Waals surface area contributed by atoms with Gasteiger partial charge in [-0.1, -0.05) is 18.2 Å². The standard InChI is InChI=1S/C12H9F3N2O2/c13-12(14,15)7-16-10-5-6-11(17(18)19)9-4-2-1-3-8(9)10/h1-6,16H,7H2. The molecule has 0 aliphatic rings. The van der Waals surface area contributed by atoms with Gasteiger partial charge in [-0.05, 0) is 12.1 Å². The van der Waals surface area contributed by atoms with Crippen LogP contribution in [0.15, 0.2) is 36.4 Å². The number of rotatable bonds is 3. The summed E-state index contributed by atoms with van der Waals surface area (Å²) in [6, 6.07) is 8.74. The fourth-order valence-corrected chi connectivity index (χ4v) is 1.79. The summed E-state index contributed by atoms with van der Waals surface area (Å²) < 4.78 is 36.5. The second-order valence-electron chi connectivity index (χ2n) is 3.90. The second-order valence-corrected chi connectivity index (χ2v) is 3.90. The van der Waals surface area contributed by atoms with Gasteiger partial charge in [0.25, 0.3) is 5.69 Å². The predicted molar refractivity (Wildman–Crippen MR) is 65.1 cm³/mol. The van der Waals surface area contributed by atoms with E-state index in [1.807, 2.05) is 0 Å². The summed E-state index contributed by atoms with van der Waals surface area (Å²) in [5, 5.41) is 13.8. The molecule has 7 heteroatoms. The molecule has 0 spiro atoms. The van der Waals surface area contributed by atoms with Gasteiger partial charge in [0.05, 0.1) is 10.3 Å². The van der Waals surface area contributed by atoms with Gasteiger partial charge in [-0.3, -0.25) is 10.1 Å². The first-order chi connectivity index (χ1) is 8.88. The lowest BCUT2D eigenvalue weighted by atomic mass is 10.1. The number of nitrogens with one attached hydrogen (secondary N) is 1. The van der Waals surface area contributed by atoms with Crippen molar-refractivity contribution in [2.75, 3.05) is 11.9 Å². The number of hydrogen-bond acceptors (Lipinski definition) is 3. The van der Waals surface area contributed by atoms with Gasteiger partial charge in [0.2, 0.25) is 0 Å². The van der Waals surface area contributed by atoms with E-state index >= 15 is 0 Å². The lowest BCUT2D eigenvalue weighted by molar-refractivity contribution is -0.383. The molecule has 0 saturated carbocycles. The van der Waals surface area contributed by atoms with Crippen molar-refractivity contribution in [3.8, 4) is 0 Å². The van der Waals surface area contributed by atoms with Gasteiger partial charge >= 0.3 is 6.18 Å². The number of anilines is 1. The van der Waals surface area contributed by atoms with E-state index in [2.05, 4.69) is 5.32 Å². The number of hydrogen-bond donors (Lipinski definition) is 1. The molecule has 0 unspecified atom stereocenters. The molecule has 19 heavy (non-hydrogen) atoms. The van der Waals surface area contributed by atoms with Crippen molar-refractivity contribution < 1.29 is 18.1 Å². The Balaban J connectivity index is 2.47. The fourth-order valence-electron chi connectivity index (χ4n) is 1.79. The maximum Gasteiger partial charge on any atom is 0.405 e. The van der Waals surface area contributed by atoms with Gasteiger partial charge in [0.15, 0.2) is 0 Å². The molecule has 0 aliphatic carbocycles. The van der Waals surface area contributed by atoms with Crippen LogP contribution in [0.1, 0.15) is 0 Å². The number of fused-ring (bicyclic) bond motifs is 1. The zero-order valence-corrected chi connectivity index (χ0v) is 9.57. The Morgan fingerprint density at radius 3 is 2.32 bits per heavy atom. The van der Waals surface area contributed by atoms with Crippen LogP contribution in [0.5, 0.6) is 0 Å². The second kappa shape index (κ2) is 4.75. The van der Waals surface area contributed by atoms with E-state index < -0.39 is 17.6 Å². The summed E-state index contributed by atoms with van der Waals surface area (Å²) in [5.41, 5.74) is 0.0895. The highest BCUT2D eigenvalue weighted by atomic mass is 19.4. The SMILES string of the molecule is O=[N+]([O-])c1ccc(NCC(F)(F)F)c2ccccc12. The summed E-state index contributed by atoms with van der Waals surface area (Å²) in [7, 11) is 0. The fraction of sp³-hybridized carbons (Fsp3) is 0.167. The smallest absolute Gasteiger partial charge is 0.376 e. The summed E-state index contributed by atoms with van der Waals surface area (Å²) in [6.07, 6.45) is -4.34. The molecule has 0 heterocycles. The highest BCUT2D eigenvalue weighted by Gasteiger charge is 2.27. The maximum atomic E-state index is 12.2. The van der Waals surface area contributed by atoms with E-state index in [-0.39, 0.29) is 11.4 Å². The first-order valence-electron chi connectivity index (χ1n) is 5.35. The third-order valence-electron chi connectivity index (χ3n) is 2.58. The van der Waals surface area contributed by atoms with E-state index in [1.165, 1.54) is 18.2 Å². The van der Waals surface area contributed by atoms with E-state index in [9.17, 15) is 23.3 Å². The lowest BCUT2D eigenvalue weighted by Gasteiger charge is -2.12. The zero-order valence-electron chi connectivity index (χ0n) is 9.57. The number of nitro benzene ring substituents is 1. The average molecular weight is 270 g/mol. The van der Waals surface area contributed by atoms with Crippen molar-refractivity contribution in [2.45, 2.75) is 6.18 Å². The summed E-state index contributed by atoms with van der Waals surface area (Å²) in [5.74, 6) is 0. The highest BCUT2D eigenvalue weighted by Crippen LogP contribution is 2.31.